The highest BCUT2D eigenvalue weighted by Gasteiger charge is 2.49. The van der Waals surface area contributed by atoms with Gasteiger partial charge < -0.3 is 4.74 Å². The van der Waals surface area contributed by atoms with Crippen LogP contribution in [0.25, 0.3) is 0 Å². The van der Waals surface area contributed by atoms with E-state index in [1.807, 2.05) is 5.06 Å². The Bertz CT molecular complexity index is 269. The molecule has 3 saturated heterocycles. The van der Waals surface area contributed by atoms with E-state index in [0.717, 1.165) is 25.8 Å². The Hall–Kier alpha value is -0.610. The largest absolute Gasteiger partial charge is 0.465 e. The zero-order valence-corrected chi connectivity index (χ0v) is 8.85. The smallest absolute Gasteiger partial charge is 0.313 e. The van der Waals surface area contributed by atoms with Crippen LogP contribution in [-0.2, 0) is 14.4 Å². The lowest BCUT2D eigenvalue weighted by molar-refractivity contribution is -0.172. The van der Waals surface area contributed by atoms with Gasteiger partial charge in [-0.15, -0.1) is 0 Å². The average molecular weight is 211 g/mol. The second-order valence-electron chi connectivity index (χ2n) is 4.68. The number of hydrogen-bond acceptors (Lipinski definition) is 4. The SMILES string of the molecule is O=C1OCCC[C@H]2ON3CCCC[C@@H]3[C@@H]12. The van der Waals surface area contributed by atoms with E-state index < -0.39 is 0 Å². The van der Waals surface area contributed by atoms with Gasteiger partial charge in [0.25, 0.3) is 0 Å². The Kier molecular flexibility index (Phi) is 2.41. The molecule has 4 nitrogen and oxygen atoms in total. The summed E-state index contributed by atoms with van der Waals surface area (Å²) in [6.45, 7) is 1.55. The number of cyclic esters (lactones) is 1. The fourth-order valence-corrected chi connectivity index (χ4v) is 3.00. The van der Waals surface area contributed by atoms with Crippen LogP contribution in [-0.4, -0.2) is 36.3 Å². The van der Waals surface area contributed by atoms with Gasteiger partial charge >= 0.3 is 5.97 Å². The summed E-state index contributed by atoms with van der Waals surface area (Å²) < 4.78 is 5.22. The molecule has 3 aliphatic rings. The highest BCUT2D eigenvalue weighted by Crippen LogP contribution is 2.37. The molecule has 0 aromatic heterocycles. The van der Waals surface area contributed by atoms with Crippen LogP contribution in [0.5, 0.6) is 0 Å². The van der Waals surface area contributed by atoms with Gasteiger partial charge in [0.1, 0.15) is 5.92 Å². The molecule has 0 unspecified atom stereocenters. The van der Waals surface area contributed by atoms with E-state index in [-0.39, 0.29) is 24.0 Å². The molecule has 0 aliphatic carbocycles. The van der Waals surface area contributed by atoms with Crippen molar-refractivity contribution in [2.45, 2.75) is 44.2 Å². The third-order valence-corrected chi connectivity index (χ3v) is 3.73. The molecular formula is C11H17NO3. The molecule has 0 bridgehead atoms. The summed E-state index contributed by atoms with van der Waals surface area (Å²) in [4.78, 5) is 17.7. The molecule has 0 aromatic carbocycles. The van der Waals surface area contributed by atoms with Crippen molar-refractivity contribution in [3.8, 4) is 0 Å². The summed E-state index contributed by atoms with van der Waals surface area (Å²) in [5.74, 6) is -0.0558. The van der Waals surface area contributed by atoms with Crippen molar-refractivity contribution in [3.05, 3.63) is 0 Å². The minimum absolute atomic E-state index is 0.0206. The van der Waals surface area contributed by atoms with Gasteiger partial charge in [0.2, 0.25) is 0 Å². The summed E-state index contributed by atoms with van der Waals surface area (Å²) in [5.41, 5.74) is 0. The van der Waals surface area contributed by atoms with Gasteiger partial charge in [-0.1, -0.05) is 6.42 Å². The van der Waals surface area contributed by atoms with Crippen LogP contribution in [0.3, 0.4) is 0 Å². The number of carbonyl (C=O) groups excluding carboxylic acids is 1. The van der Waals surface area contributed by atoms with E-state index >= 15 is 0 Å². The highest BCUT2D eigenvalue weighted by atomic mass is 16.7. The van der Waals surface area contributed by atoms with E-state index in [1.165, 1.54) is 12.8 Å². The first-order valence-corrected chi connectivity index (χ1v) is 5.96. The first kappa shape index (κ1) is 9.60. The van der Waals surface area contributed by atoms with Gasteiger partial charge in [0, 0.05) is 6.54 Å². The van der Waals surface area contributed by atoms with Crippen molar-refractivity contribution in [2.24, 2.45) is 5.92 Å². The summed E-state index contributed by atoms with van der Waals surface area (Å²) in [6, 6.07) is 0.286. The Labute approximate surface area is 89.5 Å². The number of piperidine rings is 1. The third-order valence-electron chi connectivity index (χ3n) is 3.73. The Balaban J connectivity index is 1.83. The predicted molar refractivity (Wildman–Crippen MR) is 52.9 cm³/mol. The minimum atomic E-state index is -0.0353. The molecule has 0 N–H and O–H groups in total. The summed E-state index contributed by atoms with van der Waals surface area (Å²) in [5, 5.41) is 2.03. The number of carbonyl (C=O) groups is 1. The van der Waals surface area contributed by atoms with Crippen LogP contribution < -0.4 is 0 Å². The molecule has 0 aromatic rings. The molecule has 3 rings (SSSR count). The quantitative estimate of drug-likeness (QED) is 0.563. The van der Waals surface area contributed by atoms with Crippen LogP contribution >= 0.6 is 0 Å². The fraction of sp³-hybridized carbons (Fsp3) is 0.909. The maximum atomic E-state index is 11.8. The highest BCUT2D eigenvalue weighted by molar-refractivity contribution is 5.74. The lowest BCUT2D eigenvalue weighted by atomic mass is 9.88. The number of esters is 1. The average Bonchev–Trinajstić information content (AvgIpc) is 2.53. The van der Waals surface area contributed by atoms with Crippen molar-refractivity contribution in [3.63, 3.8) is 0 Å². The zero-order chi connectivity index (χ0) is 10.3. The summed E-state index contributed by atoms with van der Waals surface area (Å²) in [6.07, 6.45) is 5.46. The molecule has 3 aliphatic heterocycles. The molecule has 15 heavy (non-hydrogen) atoms. The van der Waals surface area contributed by atoms with Gasteiger partial charge in [0.15, 0.2) is 0 Å². The van der Waals surface area contributed by atoms with E-state index in [4.69, 9.17) is 9.57 Å². The maximum absolute atomic E-state index is 11.8. The lowest BCUT2D eigenvalue weighted by Crippen LogP contribution is -2.39. The van der Waals surface area contributed by atoms with Crippen LogP contribution in [0.4, 0.5) is 0 Å². The number of nitrogens with zero attached hydrogens (tertiary/aromatic N) is 1. The van der Waals surface area contributed by atoms with Gasteiger partial charge in [-0.2, -0.15) is 5.06 Å². The van der Waals surface area contributed by atoms with Gasteiger partial charge in [-0.3, -0.25) is 9.63 Å². The standard InChI is InChI=1S/C11H17NO3/c13-11-10-8-4-1-2-6-12(8)15-9(10)5-3-7-14-11/h8-10H,1-7H2/t8-,9-,10-/m1/s1. The van der Waals surface area contributed by atoms with Crippen molar-refractivity contribution >= 4 is 5.97 Å². The van der Waals surface area contributed by atoms with E-state index in [0.29, 0.717) is 6.61 Å². The second-order valence-corrected chi connectivity index (χ2v) is 4.68. The van der Waals surface area contributed by atoms with Crippen LogP contribution in [0.1, 0.15) is 32.1 Å². The van der Waals surface area contributed by atoms with E-state index in [2.05, 4.69) is 0 Å². The zero-order valence-electron chi connectivity index (χ0n) is 8.85. The topological polar surface area (TPSA) is 38.8 Å². The molecular weight excluding hydrogens is 194 g/mol. The molecule has 3 heterocycles. The van der Waals surface area contributed by atoms with Gasteiger partial charge in [0.05, 0.1) is 18.8 Å². The molecule has 3 fully saturated rings. The lowest BCUT2D eigenvalue weighted by Gasteiger charge is -2.28. The minimum Gasteiger partial charge on any atom is -0.465 e. The molecule has 4 heteroatoms. The number of ether oxygens (including phenoxy) is 1. The Morgan fingerprint density at radius 3 is 3.07 bits per heavy atom. The summed E-state index contributed by atoms with van der Waals surface area (Å²) in [7, 11) is 0. The molecule has 0 spiro atoms. The Morgan fingerprint density at radius 1 is 1.20 bits per heavy atom. The number of hydrogen-bond donors (Lipinski definition) is 0. The normalized spacial score (nSPS) is 41.6. The van der Waals surface area contributed by atoms with Crippen LogP contribution in [0.15, 0.2) is 0 Å². The fourth-order valence-electron chi connectivity index (χ4n) is 3.00. The molecule has 0 radical (unpaired) electrons. The van der Waals surface area contributed by atoms with Crippen molar-refractivity contribution in [1.29, 1.82) is 0 Å². The van der Waals surface area contributed by atoms with Gasteiger partial charge in [-0.05, 0) is 25.7 Å². The van der Waals surface area contributed by atoms with Crippen LogP contribution in [0, 0.1) is 5.92 Å². The first-order chi connectivity index (χ1) is 7.36. The van der Waals surface area contributed by atoms with E-state index in [9.17, 15) is 4.79 Å². The third kappa shape index (κ3) is 1.56. The molecule has 0 saturated carbocycles. The predicted octanol–water partition coefficient (Wildman–Crippen LogP) is 1.11. The maximum Gasteiger partial charge on any atom is 0.313 e. The van der Waals surface area contributed by atoms with Crippen molar-refractivity contribution < 1.29 is 14.4 Å². The molecule has 3 atom stereocenters. The molecule has 0 amide bonds. The molecule has 84 valence electrons. The number of hydroxylamine groups is 2. The number of fused-ring (bicyclic) bond motifs is 3. The first-order valence-electron chi connectivity index (χ1n) is 5.96. The number of rotatable bonds is 0. The van der Waals surface area contributed by atoms with E-state index in [1.54, 1.807) is 0 Å². The van der Waals surface area contributed by atoms with Gasteiger partial charge in [-0.25, -0.2) is 0 Å². The van der Waals surface area contributed by atoms with Crippen LogP contribution in [0.2, 0.25) is 0 Å². The Morgan fingerprint density at radius 2 is 2.13 bits per heavy atom. The van der Waals surface area contributed by atoms with Crippen molar-refractivity contribution in [2.75, 3.05) is 13.2 Å². The summed E-state index contributed by atoms with van der Waals surface area (Å²) >= 11 is 0. The second kappa shape index (κ2) is 3.76. The monoisotopic (exact) mass is 211 g/mol. The van der Waals surface area contributed by atoms with Crippen molar-refractivity contribution in [1.82, 2.24) is 5.06 Å².